The SMILES string of the molecule is C=CCC1CNCC(CC=C)(CC=C)N1. The Labute approximate surface area is 93.1 Å². The Morgan fingerprint density at radius 2 is 1.80 bits per heavy atom. The van der Waals surface area contributed by atoms with Gasteiger partial charge in [-0.3, -0.25) is 0 Å². The first-order chi connectivity index (χ1) is 7.26. The molecule has 2 nitrogen and oxygen atoms in total. The Balaban J connectivity index is 2.64. The average molecular weight is 206 g/mol. The lowest BCUT2D eigenvalue weighted by Gasteiger charge is -2.42. The third kappa shape index (κ3) is 3.33. The normalized spacial score (nSPS) is 24.4. The molecule has 0 bridgehead atoms. The van der Waals surface area contributed by atoms with Crippen LogP contribution in [0.1, 0.15) is 19.3 Å². The highest BCUT2D eigenvalue weighted by Gasteiger charge is 2.32. The highest BCUT2D eigenvalue weighted by Crippen LogP contribution is 2.20. The molecule has 0 aliphatic carbocycles. The van der Waals surface area contributed by atoms with Gasteiger partial charge >= 0.3 is 0 Å². The fraction of sp³-hybridized carbons (Fsp3) is 0.538. The van der Waals surface area contributed by atoms with Crippen molar-refractivity contribution in [3.05, 3.63) is 38.0 Å². The topological polar surface area (TPSA) is 24.1 Å². The average Bonchev–Trinajstić information content (AvgIpc) is 2.19. The van der Waals surface area contributed by atoms with Gasteiger partial charge in [-0.1, -0.05) is 18.2 Å². The lowest BCUT2D eigenvalue weighted by atomic mass is 9.87. The van der Waals surface area contributed by atoms with Crippen LogP contribution in [-0.2, 0) is 0 Å². The van der Waals surface area contributed by atoms with Gasteiger partial charge in [0.1, 0.15) is 0 Å². The van der Waals surface area contributed by atoms with E-state index in [1.54, 1.807) is 0 Å². The second kappa shape index (κ2) is 5.89. The van der Waals surface area contributed by atoms with E-state index in [1.165, 1.54) is 0 Å². The zero-order valence-corrected chi connectivity index (χ0v) is 9.47. The highest BCUT2D eigenvalue weighted by molar-refractivity contribution is 5.04. The van der Waals surface area contributed by atoms with E-state index in [1.807, 2.05) is 18.2 Å². The van der Waals surface area contributed by atoms with Gasteiger partial charge in [-0.15, -0.1) is 19.7 Å². The maximum absolute atomic E-state index is 3.83. The number of hydrogen-bond acceptors (Lipinski definition) is 2. The smallest absolute Gasteiger partial charge is 0.0378 e. The lowest BCUT2D eigenvalue weighted by molar-refractivity contribution is 0.226. The van der Waals surface area contributed by atoms with E-state index < -0.39 is 0 Å². The molecule has 0 spiro atoms. The summed E-state index contributed by atoms with van der Waals surface area (Å²) in [6.45, 7) is 13.4. The predicted molar refractivity (Wildman–Crippen MR) is 67.0 cm³/mol. The van der Waals surface area contributed by atoms with Crippen molar-refractivity contribution in [1.82, 2.24) is 10.6 Å². The molecule has 0 amide bonds. The van der Waals surface area contributed by atoms with Crippen molar-refractivity contribution < 1.29 is 0 Å². The van der Waals surface area contributed by atoms with Crippen molar-refractivity contribution in [3.63, 3.8) is 0 Å². The molecule has 2 heteroatoms. The number of rotatable bonds is 6. The van der Waals surface area contributed by atoms with E-state index in [-0.39, 0.29) is 5.54 Å². The second-order valence-corrected chi connectivity index (χ2v) is 4.26. The standard InChI is InChI=1S/C13H22N2/c1-4-7-12-10-14-11-13(15-12,8-5-2)9-6-3/h4-6,12,14-15H,1-3,7-11H2. The van der Waals surface area contributed by atoms with Gasteiger partial charge in [0.05, 0.1) is 0 Å². The molecule has 15 heavy (non-hydrogen) atoms. The Kier molecular flexibility index (Phi) is 4.79. The van der Waals surface area contributed by atoms with E-state index in [9.17, 15) is 0 Å². The summed E-state index contributed by atoms with van der Waals surface area (Å²) in [5.74, 6) is 0. The third-order valence-electron chi connectivity index (χ3n) is 2.89. The van der Waals surface area contributed by atoms with Gasteiger partial charge in [0.15, 0.2) is 0 Å². The van der Waals surface area contributed by atoms with Crippen LogP contribution in [0.5, 0.6) is 0 Å². The molecule has 2 N–H and O–H groups in total. The molecule has 1 unspecified atom stereocenters. The summed E-state index contributed by atoms with van der Waals surface area (Å²) >= 11 is 0. The first-order valence-electron chi connectivity index (χ1n) is 5.57. The van der Waals surface area contributed by atoms with Gasteiger partial charge in [-0.05, 0) is 19.3 Å². The molecule has 1 atom stereocenters. The minimum atomic E-state index is 0.107. The summed E-state index contributed by atoms with van der Waals surface area (Å²) in [6.07, 6.45) is 8.88. The van der Waals surface area contributed by atoms with Gasteiger partial charge in [0.25, 0.3) is 0 Å². The molecule has 0 aromatic rings. The summed E-state index contributed by atoms with van der Waals surface area (Å²) in [5, 5.41) is 7.17. The number of nitrogens with one attached hydrogen (secondary N) is 2. The van der Waals surface area contributed by atoms with Crippen LogP contribution >= 0.6 is 0 Å². The lowest BCUT2D eigenvalue weighted by Crippen LogP contribution is -2.63. The molecule has 0 aromatic heterocycles. The summed E-state index contributed by atoms with van der Waals surface area (Å²) in [6, 6.07) is 0.483. The minimum Gasteiger partial charge on any atom is -0.313 e. The first kappa shape index (κ1) is 12.2. The molecule has 1 heterocycles. The van der Waals surface area contributed by atoms with E-state index in [4.69, 9.17) is 0 Å². The fourth-order valence-electron chi connectivity index (χ4n) is 2.26. The number of hydrogen-bond donors (Lipinski definition) is 2. The van der Waals surface area contributed by atoms with Crippen LogP contribution in [0.15, 0.2) is 38.0 Å². The zero-order valence-electron chi connectivity index (χ0n) is 9.47. The Morgan fingerprint density at radius 1 is 1.13 bits per heavy atom. The maximum atomic E-state index is 3.83. The molecule has 1 saturated heterocycles. The molecular formula is C13H22N2. The molecule has 0 saturated carbocycles. The molecule has 1 aliphatic rings. The molecule has 0 radical (unpaired) electrons. The van der Waals surface area contributed by atoms with Gasteiger partial charge in [0.2, 0.25) is 0 Å². The molecule has 84 valence electrons. The van der Waals surface area contributed by atoms with Gasteiger partial charge in [-0.2, -0.15) is 0 Å². The predicted octanol–water partition coefficient (Wildman–Crippen LogP) is 2.01. The van der Waals surface area contributed by atoms with Crippen molar-refractivity contribution in [1.29, 1.82) is 0 Å². The Bertz CT molecular complexity index is 223. The van der Waals surface area contributed by atoms with Crippen molar-refractivity contribution >= 4 is 0 Å². The van der Waals surface area contributed by atoms with Crippen LogP contribution in [-0.4, -0.2) is 24.7 Å². The van der Waals surface area contributed by atoms with Crippen LogP contribution in [0.3, 0.4) is 0 Å². The van der Waals surface area contributed by atoms with Crippen LogP contribution in [0.4, 0.5) is 0 Å². The van der Waals surface area contributed by atoms with Crippen LogP contribution in [0, 0.1) is 0 Å². The summed E-state index contributed by atoms with van der Waals surface area (Å²) < 4.78 is 0. The highest BCUT2D eigenvalue weighted by atomic mass is 15.1. The van der Waals surface area contributed by atoms with Crippen molar-refractivity contribution in [2.75, 3.05) is 13.1 Å². The largest absolute Gasteiger partial charge is 0.313 e. The van der Waals surface area contributed by atoms with E-state index in [0.717, 1.165) is 32.4 Å². The van der Waals surface area contributed by atoms with Crippen molar-refractivity contribution in [2.45, 2.75) is 30.8 Å². The zero-order chi connectivity index (χ0) is 11.1. The minimum absolute atomic E-state index is 0.107. The Hall–Kier alpha value is -0.860. The monoisotopic (exact) mass is 206 g/mol. The van der Waals surface area contributed by atoms with Crippen LogP contribution in [0.25, 0.3) is 0 Å². The van der Waals surface area contributed by atoms with Gasteiger partial charge in [0, 0.05) is 24.7 Å². The Morgan fingerprint density at radius 3 is 2.33 bits per heavy atom. The molecule has 0 aromatic carbocycles. The summed E-state index contributed by atoms with van der Waals surface area (Å²) in [5.41, 5.74) is 0.107. The fourth-order valence-corrected chi connectivity index (χ4v) is 2.26. The van der Waals surface area contributed by atoms with Gasteiger partial charge in [-0.25, -0.2) is 0 Å². The first-order valence-corrected chi connectivity index (χ1v) is 5.57. The quantitative estimate of drug-likeness (QED) is 0.650. The third-order valence-corrected chi connectivity index (χ3v) is 2.89. The van der Waals surface area contributed by atoms with E-state index in [2.05, 4.69) is 30.4 Å². The van der Waals surface area contributed by atoms with Gasteiger partial charge < -0.3 is 10.6 Å². The maximum Gasteiger partial charge on any atom is 0.0378 e. The van der Waals surface area contributed by atoms with E-state index >= 15 is 0 Å². The molecular weight excluding hydrogens is 184 g/mol. The van der Waals surface area contributed by atoms with Crippen molar-refractivity contribution in [3.8, 4) is 0 Å². The second-order valence-electron chi connectivity index (χ2n) is 4.26. The number of piperazine rings is 1. The molecule has 1 rings (SSSR count). The summed E-state index contributed by atoms with van der Waals surface area (Å²) in [4.78, 5) is 0. The summed E-state index contributed by atoms with van der Waals surface area (Å²) in [7, 11) is 0. The van der Waals surface area contributed by atoms with Crippen LogP contribution in [0.2, 0.25) is 0 Å². The van der Waals surface area contributed by atoms with Crippen LogP contribution < -0.4 is 10.6 Å². The van der Waals surface area contributed by atoms with E-state index in [0.29, 0.717) is 6.04 Å². The van der Waals surface area contributed by atoms with Crippen molar-refractivity contribution in [2.24, 2.45) is 0 Å². The molecule has 1 aliphatic heterocycles. The molecule has 1 fully saturated rings.